The van der Waals surface area contributed by atoms with E-state index in [0.29, 0.717) is 57.4 Å². The quantitative estimate of drug-likeness (QED) is 0.00691. The number of fused-ring (bicyclic) bond motifs is 2. The molecule has 0 saturated heterocycles. The van der Waals surface area contributed by atoms with E-state index < -0.39 is 0 Å². The highest BCUT2D eigenvalue weighted by Gasteiger charge is 2.24. The number of carbonyl (C=O) groups excluding carboxylic acids is 2. The van der Waals surface area contributed by atoms with Gasteiger partial charge in [-0.2, -0.15) is 34.0 Å². The van der Waals surface area contributed by atoms with Crippen LogP contribution in [0.25, 0.3) is 60.8 Å². The first-order chi connectivity index (χ1) is 70.1. The topological polar surface area (TPSA) is 117 Å². The smallest absolute Gasteiger partial charge is 0.306 e. The van der Waals surface area contributed by atoms with Gasteiger partial charge < -0.3 is 42.6 Å². The van der Waals surface area contributed by atoms with Gasteiger partial charge in [0.05, 0.1) is 26.4 Å². The average molecular weight is 2180 g/mol. The maximum atomic E-state index is 11.3. The number of unbranched alkanes of at least 4 members (excludes halogenated alkanes) is 6. The summed E-state index contributed by atoms with van der Waals surface area (Å²) in [4.78, 5) is 32.3. The minimum atomic E-state index is -0.232. The molecule has 0 N–H and O–H groups in total. The maximum absolute atomic E-state index is 11.3. The van der Waals surface area contributed by atoms with Crippen molar-refractivity contribution in [1.29, 1.82) is 0 Å². The molecule has 15 heterocycles. The largest absolute Gasteiger partial charge is 0.494 e. The van der Waals surface area contributed by atoms with Crippen molar-refractivity contribution in [3.05, 3.63) is 443 Å². The molecular weight excluding hydrogens is 2030 g/mol. The van der Waals surface area contributed by atoms with Crippen LogP contribution in [0.2, 0.25) is 0 Å². The molecule has 11 nitrogen and oxygen atoms in total. The standard InChI is InChI=1S/C15H22O2S.C14H20S.C12H14O4S.C10H12O3S.C10H12S.C9H10OS.C8H8OS.2C8H8S.2C7H8S.2C6H6S/c1-3-14(2)17-10-7-5-4-6-9-16-12-15-8-11-18-13-15;1-4-7-8-9-10-13-12(5-2)11-15-14(13)6-3;1-2-3-4-12(13)15-6-9-5-14-10-7-17-8-11(10)16-9;1-2-3-11-4-8-5-12-9-6-14-7-10(9)13-8;1-3-5-9-7-10(6-4-2)11-8-9;1-3-8(2)10-6-9-4-5-11-7-9;1-3-8(9)7-4-5-10-6(7)2;1-3-7-5-8(4-2)9-6-7;1-3-7-5-6-9-8(7)4-2;1-3-7-4-5-8-6(7)2;1-3-7-6(2)4-5-8-7;1-2-6-3-4-7-5-6;1-2-6-4-3-5-7-6/h3,8,11,13H,1-2,4-7,9-10,12H2;5-6,11H,2-4,7-10H2,1H3;2,7-9H,1,3-6H2;2,6-8H,1,3-5H2;3-4,7-8H,1-2,5-6H2;3-5,7H,1-2,6H2;3-5H,1H2,2H3;2*3-6H,1-2H2;2*3-5H,1H2,2H3;2*2-5H,1H2. The van der Waals surface area contributed by atoms with Gasteiger partial charge >= 0.3 is 5.97 Å². The van der Waals surface area contributed by atoms with Crippen LogP contribution in [0.3, 0.4) is 0 Å². The van der Waals surface area contributed by atoms with Crippen LogP contribution in [-0.2, 0) is 61.0 Å². The van der Waals surface area contributed by atoms with Crippen molar-refractivity contribution in [2.45, 2.75) is 137 Å². The molecule has 13 aromatic rings. The monoisotopic (exact) mass is 2170 g/mol. The van der Waals surface area contributed by atoms with E-state index in [1.54, 1.807) is 160 Å². The summed E-state index contributed by atoms with van der Waals surface area (Å²) in [6.45, 7) is 82.9. The summed E-state index contributed by atoms with van der Waals surface area (Å²) in [5, 5.41) is 36.6. The van der Waals surface area contributed by atoms with Crippen LogP contribution < -0.4 is 18.9 Å². The molecule has 15 rings (SSSR count). The molecule has 0 fully saturated rings. The van der Waals surface area contributed by atoms with Crippen molar-refractivity contribution in [1.82, 2.24) is 0 Å². The lowest BCUT2D eigenvalue weighted by atomic mass is 10.0. The van der Waals surface area contributed by atoms with Gasteiger partial charge in [0.25, 0.3) is 0 Å². The molecule has 2 atom stereocenters. The van der Waals surface area contributed by atoms with Crippen LogP contribution in [0, 0.1) is 20.8 Å². The first kappa shape index (κ1) is 127. The minimum absolute atomic E-state index is 0.00273. The first-order valence-corrected chi connectivity index (χ1v) is 58.1. The molecule has 2 aliphatic rings. The Morgan fingerprint density at radius 1 is 0.403 bits per heavy atom. The third-order valence-electron chi connectivity index (χ3n) is 19.3. The number of thiophene rings is 13. The predicted octanol–water partition coefficient (Wildman–Crippen LogP) is 39.0. The Bertz CT molecular complexity index is 5610. The van der Waals surface area contributed by atoms with Gasteiger partial charge in [-0.25, -0.2) is 0 Å². The Morgan fingerprint density at radius 2 is 0.986 bits per heavy atom. The molecule has 144 heavy (non-hydrogen) atoms. The van der Waals surface area contributed by atoms with Gasteiger partial charge in [0, 0.05) is 79.1 Å². The number of allylic oxidation sites excluding steroid dienone is 6. The third-order valence-corrected chi connectivity index (χ3v) is 30.3. The van der Waals surface area contributed by atoms with Crippen molar-refractivity contribution in [3.8, 4) is 23.0 Å². The molecule has 13 aromatic heterocycles. The molecule has 2 aliphatic heterocycles. The van der Waals surface area contributed by atoms with Crippen LogP contribution >= 0.6 is 147 Å². The van der Waals surface area contributed by atoms with E-state index in [9.17, 15) is 9.59 Å². The van der Waals surface area contributed by atoms with Gasteiger partial charge in [-0.1, -0.05) is 222 Å². The molecule has 0 aliphatic carbocycles. The molecule has 0 saturated carbocycles. The second-order valence-electron chi connectivity index (χ2n) is 30.1. The third kappa shape index (κ3) is 55.9. The van der Waals surface area contributed by atoms with Crippen LogP contribution in [0.4, 0.5) is 0 Å². The van der Waals surface area contributed by atoms with Crippen molar-refractivity contribution >= 4 is 220 Å². The molecule has 0 amide bonds. The second kappa shape index (κ2) is 82.2. The zero-order valence-electron chi connectivity index (χ0n) is 84.0. The van der Waals surface area contributed by atoms with E-state index in [4.69, 9.17) is 42.6 Å². The van der Waals surface area contributed by atoms with E-state index in [1.165, 1.54) is 152 Å². The van der Waals surface area contributed by atoms with E-state index >= 15 is 0 Å². The lowest BCUT2D eigenvalue weighted by Gasteiger charge is -2.24. The molecule has 2 unspecified atom stereocenters. The fraction of sp³-hybridized carbons (Fsp3) is 0.233. The Balaban J connectivity index is 0.000000405. The predicted molar refractivity (Wildman–Crippen MR) is 650 cm³/mol. The molecule has 0 radical (unpaired) electrons. The lowest BCUT2D eigenvalue weighted by Crippen LogP contribution is -2.33. The highest BCUT2D eigenvalue weighted by atomic mass is 32.1. The minimum Gasteiger partial charge on any atom is -0.494 e. The molecule has 0 bridgehead atoms. The van der Waals surface area contributed by atoms with Gasteiger partial charge in [0.1, 0.15) is 37.9 Å². The summed E-state index contributed by atoms with van der Waals surface area (Å²) in [7, 11) is 0. The van der Waals surface area contributed by atoms with Crippen molar-refractivity contribution < 1.29 is 52.2 Å². The van der Waals surface area contributed by atoms with E-state index in [-0.39, 0.29) is 30.6 Å². The SMILES string of the molecule is C=CC(=C)OCCCCCCOCc1ccsc1.C=CC(=C)OCc1ccsc1.C=CC(=O)c1ccsc1C.C=CCCC(=O)OCC1COc2cscc2O1.C=CCOCC1COc2cscc2O1.C=CCc1csc(CC=C)c1.C=Cc1cccs1.C=Cc1ccsc1.C=Cc1ccsc1C.C=Cc1ccsc1C=C.C=Cc1csc(C=C)c1.C=Cc1csc(C=C)c1CCCCCC.C=Cc1sccc1C. The number of ether oxygens (including phenoxy) is 9. The lowest BCUT2D eigenvalue weighted by molar-refractivity contribution is -0.146. The van der Waals surface area contributed by atoms with E-state index in [1.807, 2.05) is 165 Å². The first-order valence-electron chi connectivity index (χ1n) is 46.4. The number of carbonyl (C=O) groups is 2. The number of esters is 1. The van der Waals surface area contributed by atoms with Crippen LogP contribution in [0.5, 0.6) is 23.0 Å². The molecule has 24 heteroatoms. The Morgan fingerprint density at radius 3 is 1.47 bits per heavy atom. The summed E-state index contributed by atoms with van der Waals surface area (Å²) in [6, 6.07) is 22.5. The number of rotatable bonds is 45. The fourth-order valence-corrected chi connectivity index (χ4v) is 20.8. The molecule has 0 aromatic carbocycles. The summed E-state index contributed by atoms with van der Waals surface area (Å²) in [5.41, 5.74) is 13.5. The molecule has 766 valence electrons. The second-order valence-corrected chi connectivity index (χ2v) is 41.9. The zero-order chi connectivity index (χ0) is 105. The Hall–Kier alpha value is -11.0. The highest BCUT2D eigenvalue weighted by Crippen LogP contribution is 2.37. The van der Waals surface area contributed by atoms with E-state index in [0.717, 1.165) is 78.9 Å². The number of hydrogen-bond acceptors (Lipinski definition) is 24. The highest BCUT2D eigenvalue weighted by molar-refractivity contribution is 7.13. The zero-order valence-corrected chi connectivity index (χ0v) is 94.6. The summed E-state index contributed by atoms with van der Waals surface area (Å²) >= 11 is 21.9. The number of ketones is 1. The fourth-order valence-electron chi connectivity index (χ4n) is 11.4. The number of hydrogen-bond donors (Lipinski definition) is 0. The Labute approximate surface area is 912 Å². The summed E-state index contributed by atoms with van der Waals surface area (Å²) in [5.74, 6) is 4.23. The van der Waals surface area contributed by atoms with Crippen molar-refractivity contribution in [2.75, 3.05) is 46.2 Å². The van der Waals surface area contributed by atoms with Gasteiger partial charge in [-0.05, 0) is 282 Å². The van der Waals surface area contributed by atoms with Gasteiger partial charge in [0.2, 0.25) is 0 Å². The van der Waals surface area contributed by atoms with Crippen molar-refractivity contribution in [2.24, 2.45) is 0 Å². The van der Waals surface area contributed by atoms with Crippen LogP contribution in [-0.4, -0.2) is 70.2 Å². The van der Waals surface area contributed by atoms with Crippen molar-refractivity contribution in [3.63, 3.8) is 0 Å². The van der Waals surface area contributed by atoms with Crippen LogP contribution in [0.15, 0.2) is 343 Å². The van der Waals surface area contributed by atoms with Gasteiger partial charge in [-0.15, -0.1) is 140 Å². The molecular formula is C120H142O11S13. The number of aryl methyl sites for hydroxylation is 3. The average Bonchev–Trinajstić information content (AvgIpc) is 1.71. The van der Waals surface area contributed by atoms with Gasteiger partial charge in [0.15, 0.2) is 41.0 Å². The maximum Gasteiger partial charge on any atom is 0.306 e. The normalized spacial score (nSPS) is 11.3. The summed E-state index contributed by atoms with van der Waals surface area (Å²) < 4.78 is 48.7. The molecule has 0 spiro atoms. The Kier molecular flexibility index (Phi) is 72.6. The van der Waals surface area contributed by atoms with E-state index in [2.05, 4.69) is 225 Å². The van der Waals surface area contributed by atoms with Crippen LogP contribution in [0.1, 0.15) is 176 Å². The van der Waals surface area contributed by atoms with Gasteiger partial charge in [-0.3, -0.25) is 9.59 Å². The summed E-state index contributed by atoms with van der Waals surface area (Å²) in [6.07, 6.45) is 44.3.